The summed E-state index contributed by atoms with van der Waals surface area (Å²) in [5.41, 5.74) is 9.06. The van der Waals surface area contributed by atoms with Gasteiger partial charge in [-0.1, -0.05) is 25.1 Å². The zero-order chi connectivity index (χ0) is 10.7. The molecule has 3 nitrogen and oxygen atoms in total. The van der Waals surface area contributed by atoms with Gasteiger partial charge in [-0.25, -0.2) is 0 Å². The van der Waals surface area contributed by atoms with Crippen LogP contribution in [0.25, 0.3) is 0 Å². The van der Waals surface area contributed by atoms with Crippen LogP contribution in [0.2, 0.25) is 0 Å². The van der Waals surface area contributed by atoms with E-state index in [4.69, 9.17) is 5.73 Å². The largest absolute Gasteiger partial charge is 0.398 e. The van der Waals surface area contributed by atoms with Crippen LogP contribution < -0.4 is 5.73 Å². The van der Waals surface area contributed by atoms with Crippen LogP contribution in [0.1, 0.15) is 18.1 Å². The molecule has 0 unspecified atom stereocenters. The van der Waals surface area contributed by atoms with Gasteiger partial charge >= 0.3 is 0 Å². The van der Waals surface area contributed by atoms with Crippen molar-refractivity contribution in [1.29, 1.82) is 0 Å². The molecule has 0 bridgehead atoms. The minimum Gasteiger partial charge on any atom is -0.398 e. The molecule has 0 aliphatic carbocycles. The number of para-hydroxylation sites is 1. The highest BCUT2D eigenvalue weighted by Crippen LogP contribution is 2.12. The number of aryl methyl sites for hydroxylation is 1. The number of benzene rings is 1. The van der Waals surface area contributed by atoms with Gasteiger partial charge in [0.15, 0.2) is 0 Å². The van der Waals surface area contributed by atoms with E-state index in [-0.39, 0.29) is 0 Å². The Morgan fingerprint density at radius 1 is 1.33 bits per heavy atom. The van der Waals surface area contributed by atoms with Gasteiger partial charge in [-0.15, -0.1) is 0 Å². The normalized spacial score (nSPS) is 10.5. The van der Waals surface area contributed by atoms with E-state index in [1.54, 1.807) is 0 Å². The van der Waals surface area contributed by atoms with E-state index in [1.165, 1.54) is 5.56 Å². The highest BCUT2D eigenvalue weighted by Gasteiger charge is 2.00. The van der Waals surface area contributed by atoms with E-state index in [1.807, 2.05) is 35.1 Å². The van der Waals surface area contributed by atoms with Crippen LogP contribution in [0, 0.1) is 0 Å². The molecule has 2 N–H and O–H groups in total. The average molecular weight is 201 g/mol. The third kappa shape index (κ3) is 2.18. The first-order chi connectivity index (χ1) is 7.29. The molecule has 0 saturated carbocycles. The number of nitrogens with two attached hydrogens (primary N) is 1. The molecule has 15 heavy (non-hydrogen) atoms. The Morgan fingerprint density at radius 2 is 2.13 bits per heavy atom. The van der Waals surface area contributed by atoms with Gasteiger partial charge in [0.25, 0.3) is 0 Å². The first-order valence-electron chi connectivity index (χ1n) is 5.14. The summed E-state index contributed by atoms with van der Waals surface area (Å²) in [5, 5.41) is 4.28. The lowest BCUT2D eigenvalue weighted by Gasteiger charge is -2.04. The van der Waals surface area contributed by atoms with E-state index in [9.17, 15) is 0 Å². The molecule has 0 aliphatic rings. The molecule has 1 aromatic heterocycles. The van der Waals surface area contributed by atoms with E-state index < -0.39 is 0 Å². The maximum Gasteiger partial charge on any atom is 0.0679 e. The quantitative estimate of drug-likeness (QED) is 0.773. The fourth-order valence-corrected chi connectivity index (χ4v) is 1.53. The predicted octanol–water partition coefficient (Wildman–Crippen LogP) is 2.08. The fraction of sp³-hybridized carbons (Fsp3) is 0.250. The minimum absolute atomic E-state index is 0.743. The second-order valence-electron chi connectivity index (χ2n) is 3.60. The third-order valence-electron chi connectivity index (χ3n) is 2.48. The Bertz CT molecular complexity index is 446. The summed E-state index contributed by atoms with van der Waals surface area (Å²) < 4.78 is 1.92. The molecule has 2 rings (SSSR count). The van der Waals surface area contributed by atoms with Gasteiger partial charge in [0.2, 0.25) is 0 Å². The van der Waals surface area contributed by atoms with Gasteiger partial charge in [0.1, 0.15) is 0 Å². The summed E-state index contributed by atoms with van der Waals surface area (Å²) in [6, 6.07) is 7.89. The van der Waals surface area contributed by atoms with E-state index in [0.717, 1.165) is 24.2 Å². The van der Waals surface area contributed by atoms with Gasteiger partial charge in [-0.2, -0.15) is 5.10 Å². The average Bonchev–Trinajstić information content (AvgIpc) is 2.69. The zero-order valence-electron chi connectivity index (χ0n) is 8.85. The molecule has 0 radical (unpaired) electrons. The number of hydrogen-bond acceptors (Lipinski definition) is 2. The SMILES string of the molecule is CCc1cnn(Cc2ccccc2N)c1. The Hall–Kier alpha value is -1.77. The second kappa shape index (κ2) is 4.17. The van der Waals surface area contributed by atoms with Gasteiger partial charge in [-0.3, -0.25) is 4.68 Å². The van der Waals surface area contributed by atoms with Crippen molar-refractivity contribution in [3.8, 4) is 0 Å². The van der Waals surface area contributed by atoms with Crippen molar-refractivity contribution in [3.63, 3.8) is 0 Å². The lowest BCUT2D eigenvalue weighted by atomic mass is 10.2. The van der Waals surface area contributed by atoms with Crippen LogP contribution in [-0.4, -0.2) is 9.78 Å². The lowest BCUT2D eigenvalue weighted by molar-refractivity contribution is 0.687. The maximum absolute atomic E-state index is 5.87. The standard InChI is InChI=1S/C12H15N3/c1-2-10-7-14-15(8-10)9-11-5-3-4-6-12(11)13/h3-8H,2,9,13H2,1H3. The van der Waals surface area contributed by atoms with Gasteiger partial charge < -0.3 is 5.73 Å². The zero-order valence-corrected chi connectivity index (χ0v) is 8.85. The smallest absolute Gasteiger partial charge is 0.0679 e. The number of nitrogens with zero attached hydrogens (tertiary/aromatic N) is 2. The van der Waals surface area contributed by atoms with E-state index >= 15 is 0 Å². The molecule has 0 saturated heterocycles. The van der Waals surface area contributed by atoms with E-state index in [2.05, 4.69) is 18.2 Å². The number of rotatable bonds is 3. The highest BCUT2D eigenvalue weighted by molar-refractivity contribution is 5.46. The van der Waals surface area contributed by atoms with Crippen LogP contribution in [-0.2, 0) is 13.0 Å². The number of aromatic nitrogens is 2. The molecule has 0 amide bonds. The molecule has 0 fully saturated rings. The monoisotopic (exact) mass is 201 g/mol. The van der Waals surface area contributed by atoms with Crippen LogP contribution >= 0.6 is 0 Å². The molecule has 2 aromatic rings. The predicted molar refractivity (Wildman–Crippen MR) is 61.6 cm³/mol. The summed E-state index contributed by atoms with van der Waals surface area (Å²) >= 11 is 0. The molecule has 78 valence electrons. The van der Waals surface area contributed by atoms with Crippen molar-refractivity contribution in [2.24, 2.45) is 0 Å². The van der Waals surface area contributed by atoms with Crippen LogP contribution in [0.15, 0.2) is 36.7 Å². The van der Waals surface area contributed by atoms with Crippen LogP contribution in [0.3, 0.4) is 0 Å². The molecule has 1 heterocycles. The molecular weight excluding hydrogens is 186 g/mol. The molecule has 0 atom stereocenters. The number of anilines is 1. The Labute approximate surface area is 89.5 Å². The van der Waals surface area contributed by atoms with Crippen molar-refractivity contribution in [1.82, 2.24) is 9.78 Å². The van der Waals surface area contributed by atoms with Crippen molar-refractivity contribution >= 4 is 5.69 Å². The van der Waals surface area contributed by atoms with Crippen molar-refractivity contribution in [2.75, 3.05) is 5.73 Å². The highest BCUT2D eigenvalue weighted by atomic mass is 15.3. The minimum atomic E-state index is 0.743. The molecule has 0 aliphatic heterocycles. The van der Waals surface area contributed by atoms with Gasteiger partial charge in [0, 0.05) is 11.9 Å². The molecule has 0 spiro atoms. The summed E-state index contributed by atoms with van der Waals surface area (Å²) in [6.07, 6.45) is 4.98. The van der Waals surface area contributed by atoms with Crippen molar-refractivity contribution in [3.05, 3.63) is 47.8 Å². The number of hydrogen-bond donors (Lipinski definition) is 1. The topological polar surface area (TPSA) is 43.8 Å². The van der Waals surface area contributed by atoms with E-state index in [0.29, 0.717) is 0 Å². The molecule has 3 heteroatoms. The van der Waals surface area contributed by atoms with Gasteiger partial charge in [-0.05, 0) is 23.6 Å². The number of nitrogen functional groups attached to an aromatic ring is 1. The first-order valence-corrected chi connectivity index (χ1v) is 5.14. The summed E-state index contributed by atoms with van der Waals surface area (Å²) in [4.78, 5) is 0. The summed E-state index contributed by atoms with van der Waals surface area (Å²) in [6.45, 7) is 2.87. The summed E-state index contributed by atoms with van der Waals surface area (Å²) in [7, 11) is 0. The second-order valence-corrected chi connectivity index (χ2v) is 3.60. The Morgan fingerprint density at radius 3 is 2.80 bits per heavy atom. The fourth-order valence-electron chi connectivity index (χ4n) is 1.53. The summed E-state index contributed by atoms with van der Waals surface area (Å²) in [5.74, 6) is 0. The third-order valence-corrected chi connectivity index (χ3v) is 2.48. The Kier molecular flexibility index (Phi) is 2.72. The van der Waals surface area contributed by atoms with Crippen LogP contribution in [0.4, 0.5) is 5.69 Å². The molecular formula is C12H15N3. The van der Waals surface area contributed by atoms with Crippen molar-refractivity contribution < 1.29 is 0 Å². The lowest BCUT2D eigenvalue weighted by Crippen LogP contribution is -2.02. The molecule has 1 aromatic carbocycles. The Balaban J connectivity index is 2.18. The first kappa shape index (κ1) is 9.77. The van der Waals surface area contributed by atoms with Crippen LogP contribution in [0.5, 0.6) is 0 Å². The van der Waals surface area contributed by atoms with Crippen molar-refractivity contribution in [2.45, 2.75) is 19.9 Å². The maximum atomic E-state index is 5.87. The van der Waals surface area contributed by atoms with Gasteiger partial charge in [0.05, 0.1) is 12.7 Å².